The van der Waals surface area contributed by atoms with Crippen LogP contribution in [0.25, 0.3) is 0 Å². The lowest BCUT2D eigenvalue weighted by Crippen LogP contribution is -2.37. The minimum absolute atomic E-state index is 0.696. The van der Waals surface area contributed by atoms with Gasteiger partial charge in [0, 0.05) is 19.6 Å². The molecule has 0 spiro atoms. The van der Waals surface area contributed by atoms with E-state index in [2.05, 4.69) is 30.7 Å². The third-order valence-corrected chi connectivity index (χ3v) is 1.70. The molecular formula is C9H21N3. The van der Waals surface area contributed by atoms with Crippen LogP contribution < -0.4 is 5.73 Å². The molecule has 2 N–H and O–H groups in total. The topological polar surface area (TPSA) is 41.6 Å². The molecule has 0 aromatic carbocycles. The van der Waals surface area contributed by atoms with Crippen LogP contribution in [0, 0.1) is 0 Å². The van der Waals surface area contributed by atoms with Crippen LogP contribution in [0.15, 0.2) is 4.99 Å². The van der Waals surface area contributed by atoms with Crippen LogP contribution in [0.3, 0.4) is 0 Å². The van der Waals surface area contributed by atoms with Crippen molar-refractivity contribution >= 4 is 5.96 Å². The van der Waals surface area contributed by atoms with E-state index in [0.717, 1.165) is 32.5 Å². The van der Waals surface area contributed by atoms with Gasteiger partial charge in [0.1, 0.15) is 0 Å². The van der Waals surface area contributed by atoms with Crippen LogP contribution in [0.4, 0.5) is 0 Å². The van der Waals surface area contributed by atoms with Gasteiger partial charge in [0.2, 0.25) is 0 Å². The van der Waals surface area contributed by atoms with Crippen molar-refractivity contribution in [2.45, 2.75) is 33.6 Å². The summed E-state index contributed by atoms with van der Waals surface area (Å²) in [4.78, 5) is 6.36. The molecule has 0 bridgehead atoms. The first-order chi connectivity index (χ1) is 5.76. The molecule has 0 fully saturated rings. The van der Waals surface area contributed by atoms with Crippen molar-refractivity contribution in [2.24, 2.45) is 10.7 Å². The molecular weight excluding hydrogens is 150 g/mol. The zero-order chi connectivity index (χ0) is 9.40. The van der Waals surface area contributed by atoms with Gasteiger partial charge in [-0.15, -0.1) is 0 Å². The Morgan fingerprint density at radius 1 is 1.25 bits per heavy atom. The first-order valence-electron chi connectivity index (χ1n) is 4.81. The lowest BCUT2D eigenvalue weighted by atomic mass is 10.4. The minimum Gasteiger partial charge on any atom is -0.370 e. The molecule has 0 saturated heterocycles. The largest absolute Gasteiger partial charge is 0.370 e. The Morgan fingerprint density at radius 2 is 1.92 bits per heavy atom. The molecule has 0 aromatic heterocycles. The summed E-state index contributed by atoms with van der Waals surface area (Å²) in [7, 11) is 0. The highest BCUT2D eigenvalue weighted by atomic mass is 15.2. The van der Waals surface area contributed by atoms with Gasteiger partial charge in [0.25, 0.3) is 0 Å². The molecule has 0 rings (SSSR count). The molecule has 0 radical (unpaired) electrons. The standard InChI is InChI=1S/C9H21N3/c1-4-7-11-9(10)12(6-3)8-5-2/h4-8H2,1-3H3,(H2,10,11). The molecule has 3 nitrogen and oxygen atoms in total. The van der Waals surface area contributed by atoms with Crippen LogP contribution >= 0.6 is 0 Å². The zero-order valence-corrected chi connectivity index (χ0v) is 8.51. The maximum Gasteiger partial charge on any atom is 0.191 e. The molecule has 0 aliphatic carbocycles. The number of aliphatic imine (C=N–C) groups is 1. The molecule has 12 heavy (non-hydrogen) atoms. The highest BCUT2D eigenvalue weighted by Gasteiger charge is 2.01. The Balaban J connectivity index is 3.91. The molecule has 0 saturated carbocycles. The van der Waals surface area contributed by atoms with Crippen molar-refractivity contribution in [3.05, 3.63) is 0 Å². The smallest absolute Gasteiger partial charge is 0.191 e. The predicted octanol–water partition coefficient (Wildman–Crippen LogP) is 1.44. The van der Waals surface area contributed by atoms with E-state index in [1.807, 2.05) is 0 Å². The molecule has 0 aliphatic heterocycles. The van der Waals surface area contributed by atoms with E-state index in [1.165, 1.54) is 0 Å². The second-order valence-corrected chi connectivity index (χ2v) is 2.82. The zero-order valence-electron chi connectivity index (χ0n) is 8.51. The Morgan fingerprint density at radius 3 is 2.33 bits per heavy atom. The van der Waals surface area contributed by atoms with Crippen molar-refractivity contribution in [1.82, 2.24) is 4.90 Å². The van der Waals surface area contributed by atoms with Gasteiger partial charge in [-0.25, -0.2) is 0 Å². The molecule has 0 atom stereocenters. The van der Waals surface area contributed by atoms with E-state index in [-0.39, 0.29) is 0 Å². The molecule has 0 amide bonds. The molecule has 0 heterocycles. The second-order valence-electron chi connectivity index (χ2n) is 2.82. The molecule has 72 valence electrons. The second kappa shape index (κ2) is 6.95. The van der Waals surface area contributed by atoms with Crippen LogP contribution in [0.2, 0.25) is 0 Å². The fourth-order valence-corrected chi connectivity index (χ4v) is 1.03. The summed E-state index contributed by atoms with van der Waals surface area (Å²) < 4.78 is 0. The van der Waals surface area contributed by atoms with Crippen LogP contribution in [0.1, 0.15) is 33.6 Å². The number of nitrogens with zero attached hydrogens (tertiary/aromatic N) is 2. The van der Waals surface area contributed by atoms with E-state index in [9.17, 15) is 0 Å². The average Bonchev–Trinajstić information content (AvgIpc) is 2.10. The molecule has 3 heteroatoms. The number of guanidine groups is 1. The summed E-state index contributed by atoms with van der Waals surface area (Å²) in [5.74, 6) is 0.696. The fraction of sp³-hybridized carbons (Fsp3) is 0.889. The SMILES string of the molecule is CCCN=C(N)N(CC)CCC. The average molecular weight is 171 g/mol. The van der Waals surface area contributed by atoms with Crippen molar-refractivity contribution < 1.29 is 0 Å². The minimum atomic E-state index is 0.696. The summed E-state index contributed by atoms with van der Waals surface area (Å²) in [6.45, 7) is 9.15. The highest BCUT2D eigenvalue weighted by molar-refractivity contribution is 5.77. The van der Waals surface area contributed by atoms with Gasteiger partial charge < -0.3 is 10.6 Å². The number of hydrogen-bond donors (Lipinski definition) is 1. The Kier molecular flexibility index (Phi) is 6.53. The van der Waals surface area contributed by atoms with Crippen molar-refractivity contribution in [1.29, 1.82) is 0 Å². The lowest BCUT2D eigenvalue weighted by Gasteiger charge is -2.20. The van der Waals surface area contributed by atoms with E-state index < -0.39 is 0 Å². The van der Waals surface area contributed by atoms with Gasteiger partial charge in [-0.3, -0.25) is 4.99 Å². The maximum atomic E-state index is 5.78. The Hall–Kier alpha value is -0.730. The van der Waals surface area contributed by atoms with Crippen LogP contribution in [-0.2, 0) is 0 Å². The van der Waals surface area contributed by atoms with Crippen molar-refractivity contribution in [2.75, 3.05) is 19.6 Å². The fourth-order valence-electron chi connectivity index (χ4n) is 1.03. The van der Waals surface area contributed by atoms with Crippen LogP contribution in [-0.4, -0.2) is 30.5 Å². The van der Waals surface area contributed by atoms with Gasteiger partial charge in [-0.2, -0.15) is 0 Å². The van der Waals surface area contributed by atoms with Gasteiger partial charge in [0.05, 0.1) is 0 Å². The summed E-state index contributed by atoms with van der Waals surface area (Å²) in [6, 6.07) is 0. The molecule has 0 aliphatic rings. The van der Waals surface area contributed by atoms with Gasteiger partial charge in [-0.1, -0.05) is 13.8 Å². The van der Waals surface area contributed by atoms with E-state index in [0.29, 0.717) is 5.96 Å². The summed E-state index contributed by atoms with van der Waals surface area (Å²) >= 11 is 0. The van der Waals surface area contributed by atoms with Gasteiger partial charge >= 0.3 is 0 Å². The Bertz CT molecular complexity index is 132. The van der Waals surface area contributed by atoms with E-state index >= 15 is 0 Å². The van der Waals surface area contributed by atoms with Gasteiger partial charge in [0.15, 0.2) is 5.96 Å². The Labute approximate surface area is 75.7 Å². The third-order valence-electron chi connectivity index (χ3n) is 1.70. The van der Waals surface area contributed by atoms with Gasteiger partial charge in [-0.05, 0) is 19.8 Å². The molecule has 0 aromatic rings. The first-order valence-corrected chi connectivity index (χ1v) is 4.81. The quantitative estimate of drug-likeness (QED) is 0.502. The third kappa shape index (κ3) is 4.21. The van der Waals surface area contributed by atoms with Crippen LogP contribution in [0.5, 0.6) is 0 Å². The van der Waals surface area contributed by atoms with E-state index in [4.69, 9.17) is 5.73 Å². The summed E-state index contributed by atoms with van der Waals surface area (Å²) in [5.41, 5.74) is 5.78. The number of rotatable bonds is 5. The molecule has 0 unspecified atom stereocenters. The highest BCUT2D eigenvalue weighted by Crippen LogP contribution is 1.91. The summed E-state index contributed by atoms with van der Waals surface area (Å²) in [6.07, 6.45) is 2.18. The van der Waals surface area contributed by atoms with Crippen molar-refractivity contribution in [3.8, 4) is 0 Å². The van der Waals surface area contributed by atoms with Crippen molar-refractivity contribution in [3.63, 3.8) is 0 Å². The number of hydrogen-bond acceptors (Lipinski definition) is 1. The normalized spacial score (nSPS) is 11.8. The summed E-state index contributed by atoms with van der Waals surface area (Å²) in [5, 5.41) is 0. The monoisotopic (exact) mass is 171 g/mol. The predicted molar refractivity (Wildman–Crippen MR) is 54.3 cm³/mol. The number of nitrogens with two attached hydrogens (primary N) is 1. The van der Waals surface area contributed by atoms with E-state index in [1.54, 1.807) is 0 Å². The first kappa shape index (κ1) is 11.3. The maximum absolute atomic E-state index is 5.78. The lowest BCUT2D eigenvalue weighted by molar-refractivity contribution is 0.433.